The molecular weight excluding hydrogens is 356 g/mol. The molecule has 2 atom stereocenters. The topological polar surface area (TPSA) is 62.1 Å². The molecule has 0 N–H and O–H groups in total. The van der Waals surface area contributed by atoms with Crippen molar-refractivity contribution >= 4 is 31.1 Å². The minimum absolute atomic E-state index is 0.0809. The normalized spacial score (nSPS) is 21.8. The summed E-state index contributed by atoms with van der Waals surface area (Å²) >= 11 is 6.08. The molecule has 1 aliphatic heterocycles. The summed E-state index contributed by atoms with van der Waals surface area (Å²) in [6, 6.07) is 0. The van der Waals surface area contributed by atoms with E-state index < -0.39 is 8.32 Å². The lowest BCUT2D eigenvalue weighted by atomic mass is 10.2. The first kappa shape index (κ1) is 18.5. The Balaban J connectivity index is 1.72. The lowest BCUT2D eigenvalue weighted by Gasteiger charge is -2.37. The number of hydrogen-bond acceptors (Lipinski definition) is 5. The second kappa shape index (κ2) is 6.79. The summed E-state index contributed by atoms with van der Waals surface area (Å²) in [6.07, 6.45) is 7.86. The van der Waals surface area contributed by atoms with Crippen LogP contribution in [0.2, 0.25) is 23.3 Å². The van der Waals surface area contributed by atoms with E-state index in [0.717, 1.165) is 6.42 Å². The number of nitrogens with zero attached hydrogens (tertiary/aromatic N) is 4. The Hall–Kier alpha value is -1.28. The van der Waals surface area contributed by atoms with Gasteiger partial charge in [-0.3, -0.25) is 4.57 Å². The zero-order chi connectivity index (χ0) is 18.2. The third-order valence-electron chi connectivity index (χ3n) is 5.06. The molecule has 0 aromatic carbocycles. The van der Waals surface area contributed by atoms with Gasteiger partial charge in [0.2, 0.25) is 0 Å². The van der Waals surface area contributed by atoms with Crippen LogP contribution < -0.4 is 0 Å². The first-order chi connectivity index (χ1) is 11.7. The minimum Gasteiger partial charge on any atom is -0.414 e. The molecule has 1 aliphatic rings. The number of imidazole rings is 1. The first-order valence-electron chi connectivity index (χ1n) is 8.48. The molecule has 6 nitrogen and oxygen atoms in total. The summed E-state index contributed by atoms with van der Waals surface area (Å²) in [5.74, 6) is 0. The van der Waals surface area contributed by atoms with Crippen LogP contribution in [0.15, 0.2) is 24.8 Å². The first-order valence-corrected chi connectivity index (χ1v) is 11.8. The number of fused-ring (bicyclic) bond motifs is 1. The Morgan fingerprint density at radius 2 is 2.08 bits per heavy atom. The SMILES string of the molecule is CC(C)(C)[Si](C)(C)OC[C@H]1C=CC[C@@H](n2cnc3c(Cl)ncnc32)O1. The monoisotopic (exact) mass is 380 g/mol. The number of hydrogen-bond donors (Lipinski definition) is 0. The predicted octanol–water partition coefficient (Wildman–Crippen LogP) is 4.35. The molecule has 136 valence electrons. The lowest BCUT2D eigenvalue weighted by molar-refractivity contribution is -0.0546. The Kier molecular flexibility index (Phi) is 5.03. The van der Waals surface area contributed by atoms with Gasteiger partial charge in [0.1, 0.15) is 24.2 Å². The molecule has 0 amide bonds. The summed E-state index contributed by atoms with van der Waals surface area (Å²) in [6.45, 7) is 11.8. The third kappa shape index (κ3) is 3.79. The number of ether oxygens (including phenoxy) is 1. The summed E-state index contributed by atoms with van der Waals surface area (Å²) in [5, 5.41) is 0.534. The molecule has 0 aliphatic carbocycles. The molecule has 25 heavy (non-hydrogen) atoms. The highest BCUT2D eigenvalue weighted by atomic mass is 35.5. The van der Waals surface area contributed by atoms with Crippen molar-refractivity contribution in [1.82, 2.24) is 19.5 Å². The molecule has 3 rings (SSSR count). The molecule has 8 heteroatoms. The quantitative estimate of drug-likeness (QED) is 0.448. The van der Waals surface area contributed by atoms with E-state index in [1.54, 1.807) is 6.33 Å². The summed E-state index contributed by atoms with van der Waals surface area (Å²) < 4.78 is 14.4. The molecule has 2 aromatic rings. The van der Waals surface area contributed by atoms with Gasteiger partial charge in [-0.25, -0.2) is 15.0 Å². The van der Waals surface area contributed by atoms with Gasteiger partial charge in [-0.05, 0) is 18.1 Å². The number of rotatable bonds is 4. The molecule has 0 saturated heterocycles. The molecule has 0 spiro atoms. The highest BCUT2D eigenvalue weighted by molar-refractivity contribution is 6.74. The second-order valence-corrected chi connectivity index (χ2v) is 13.0. The Morgan fingerprint density at radius 1 is 1.32 bits per heavy atom. The third-order valence-corrected chi connectivity index (χ3v) is 9.84. The maximum absolute atomic E-state index is 6.30. The van der Waals surface area contributed by atoms with Crippen LogP contribution in [-0.2, 0) is 9.16 Å². The van der Waals surface area contributed by atoms with E-state index in [0.29, 0.717) is 22.9 Å². The fourth-order valence-electron chi connectivity index (χ4n) is 2.46. The van der Waals surface area contributed by atoms with Gasteiger partial charge < -0.3 is 9.16 Å². The van der Waals surface area contributed by atoms with Crippen LogP contribution in [0.25, 0.3) is 11.2 Å². The van der Waals surface area contributed by atoms with E-state index in [9.17, 15) is 0 Å². The van der Waals surface area contributed by atoms with Crippen LogP contribution in [0.3, 0.4) is 0 Å². The Bertz CT molecular complexity index is 785. The fourth-order valence-corrected chi connectivity index (χ4v) is 3.66. The predicted molar refractivity (Wildman–Crippen MR) is 101 cm³/mol. The average molecular weight is 381 g/mol. The van der Waals surface area contributed by atoms with Crippen LogP contribution in [0.5, 0.6) is 0 Å². The molecular formula is C17H25ClN4O2Si. The largest absolute Gasteiger partial charge is 0.414 e. The number of aromatic nitrogens is 4. The molecule has 0 unspecified atom stereocenters. The van der Waals surface area contributed by atoms with E-state index in [2.05, 4.69) is 61.0 Å². The Morgan fingerprint density at radius 3 is 2.80 bits per heavy atom. The summed E-state index contributed by atoms with van der Waals surface area (Å²) in [5.41, 5.74) is 1.28. The van der Waals surface area contributed by atoms with Crippen molar-refractivity contribution in [1.29, 1.82) is 0 Å². The van der Waals surface area contributed by atoms with E-state index in [1.807, 2.05) is 4.57 Å². The lowest BCUT2D eigenvalue weighted by Crippen LogP contribution is -2.43. The molecule has 0 saturated carbocycles. The highest BCUT2D eigenvalue weighted by Crippen LogP contribution is 2.37. The summed E-state index contributed by atoms with van der Waals surface area (Å²) in [4.78, 5) is 12.6. The highest BCUT2D eigenvalue weighted by Gasteiger charge is 2.38. The van der Waals surface area contributed by atoms with E-state index >= 15 is 0 Å². The van der Waals surface area contributed by atoms with Crippen molar-refractivity contribution in [3.8, 4) is 0 Å². The minimum atomic E-state index is -1.80. The van der Waals surface area contributed by atoms with Gasteiger partial charge in [0.25, 0.3) is 0 Å². The van der Waals surface area contributed by atoms with Crippen molar-refractivity contribution in [2.75, 3.05) is 6.61 Å². The van der Waals surface area contributed by atoms with Gasteiger partial charge in [-0.2, -0.15) is 0 Å². The van der Waals surface area contributed by atoms with Crippen LogP contribution in [0.4, 0.5) is 0 Å². The van der Waals surface area contributed by atoms with Crippen LogP contribution in [-0.4, -0.2) is 40.5 Å². The van der Waals surface area contributed by atoms with Crippen molar-refractivity contribution in [3.63, 3.8) is 0 Å². The smallest absolute Gasteiger partial charge is 0.192 e. The van der Waals surface area contributed by atoms with E-state index in [1.165, 1.54) is 6.33 Å². The van der Waals surface area contributed by atoms with Gasteiger partial charge in [-0.15, -0.1) is 0 Å². The van der Waals surface area contributed by atoms with Crippen molar-refractivity contribution in [2.24, 2.45) is 0 Å². The zero-order valence-corrected chi connectivity index (χ0v) is 17.1. The molecule has 0 radical (unpaired) electrons. The van der Waals surface area contributed by atoms with Gasteiger partial charge in [0, 0.05) is 6.42 Å². The van der Waals surface area contributed by atoms with Gasteiger partial charge in [0.15, 0.2) is 19.1 Å². The number of halogens is 1. The van der Waals surface area contributed by atoms with E-state index in [4.69, 9.17) is 20.8 Å². The van der Waals surface area contributed by atoms with Gasteiger partial charge >= 0.3 is 0 Å². The molecule has 3 heterocycles. The van der Waals surface area contributed by atoms with Gasteiger partial charge in [0.05, 0.1) is 12.9 Å². The molecule has 0 bridgehead atoms. The maximum atomic E-state index is 6.30. The standard InChI is InChI=1S/C17H25ClN4O2Si/c1-17(2,3)25(4,5)23-9-12-7-6-8-13(24-12)22-11-21-14-15(18)19-10-20-16(14)22/h6-7,10-13H,8-9H2,1-5H3/t12-,13+/m1/s1. The molecule has 0 fully saturated rings. The van der Waals surface area contributed by atoms with Crippen LogP contribution in [0, 0.1) is 0 Å². The second-order valence-electron chi connectivity index (χ2n) is 7.85. The fraction of sp³-hybridized carbons (Fsp3) is 0.588. The zero-order valence-electron chi connectivity index (χ0n) is 15.4. The van der Waals surface area contributed by atoms with Crippen molar-refractivity contribution < 1.29 is 9.16 Å². The van der Waals surface area contributed by atoms with Crippen LogP contribution >= 0.6 is 11.6 Å². The van der Waals surface area contributed by atoms with Crippen molar-refractivity contribution in [2.45, 2.75) is 57.7 Å². The van der Waals surface area contributed by atoms with Crippen molar-refractivity contribution in [3.05, 3.63) is 30.0 Å². The average Bonchev–Trinajstić information content (AvgIpc) is 2.98. The van der Waals surface area contributed by atoms with Crippen LogP contribution in [0.1, 0.15) is 33.4 Å². The summed E-state index contributed by atoms with van der Waals surface area (Å²) in [7, 11) is -1.80. The molecule has 2 aromatic heterocycles. The Labute approximate surface area is 154 Å². The maximum Gasteiger partial charge on any atom is 0.192 e. The van der Waals surface area contributed by atoms with E-state index in [-0.39, 0.29) is 17.4 Å². The van der Waals surface area contributed by atoms with Gasteiger partial charge in [-0.1, -0.05) is 44.5 Å².